The number of fused-ring (bicyclic) bond motifs is 1. The summed E-state index contributed by atoms with van der Waals surface area (Å²) < 4.78 is 0. The molecule has 1 saturated heterocycles. The fraction of sp³-hybridized carbons (Fsp3) is 0.429. The van der Waals surface area contributed by atoms with Crippen LogP contribution in [0.5, 0.6) is 0 Å². The van der Waals surface area contributed by atoms with E-state index in [-0.39, 0.29) is 5.78 Å². The number of carbonyl (C=O) groups is 2. The standard InChI is InChI=1S/C14H18N4O2/c1-10(19)14(13(15)20)7-4-8-18(14)17-9-16-11-5-2-3-6-12(11)17/h2-3,5-6,16H,4,7-9H2,1H3,(H2,15,20). The number of primary amides is 1. The van der Waals surface area contributed by atoms with Crippen LogP contribution < -0.4 is 16.1 Å². The van der Waals surface area contributed by atoms with E-state index in [1.165, 1.54) is 6.92 Å². The summed E-state index contributed by atoms with van der Waals surface area (Å²) in [5.74, 6) is -0.751. The average Bonchev–Trinajstić information content (AvgIpc) is 3.02. The average molecular weight is 274 g/mol. The SMILES string of the molecule is CC(=O)C1(C(N)=O)CCCN1N1CNc2ccccc21. The van der Waals surface area contributed by atoms with Gasteiger partial charge in [0.1, 0.15) is 6.67 Å². The molecule has 106 valence electrons. The molecule has 1 atom stereocenters. The highest BCUT2D eigenvalue weighted by Gasteiger charge is 2.53. The zero-order valence-electron chi connectivity index (χ0n) is 11.4. The minimum absolute atomic E-state index is 0.188. The first-order valence-corrected chi connectivity index (χ1v) is 6.76. The Morgan fingerprint density at radius 1 is 1.35 bits per heavy atom. The molecule has 1 amide bonds. The van der Waals surface area contributed by atoms with Crippen molar-refractivity contribution >= 4 is 23.1 Å². The highest BCUT2D eigenvalue weighted by molar-refractivity contribution is 6.09. The van der Waals surface area contributed by atoms with Gasteiger partial charge in [-0.3, -0.25) is 14.6 Å². The maximum atomic E-state index is 12.1. The van der Waals surface area contributed by atoms with Crippen LogP contribution in [0.25, 0.3) is 0 Å². The fourth-order valence-electron chi connectivity index (χ4n) is 3.22. The Hall–Kier alpha value is -2.08. The summed E-state index contributed by atoms with van der Waals surface area (Å²) in [7, 11) is 0. The van der Waals surface area contributed by atoms with Crippen molar-refractivity contribution in [3.05, 3.63) is 24.3 Å². The van der Waals surface area contributed by atoms with Gasteiger partial charge in [-0.05, 0) is 31.9 Å². The summed E-state index contributed by atoms with van der Waals surface area (Å²) in [5, 5.41) is 7.05. The molecular formula is C14H18N4O2. The van der Waals surface area contributed by atoms with E-state index in [9.17, 15) is 9.59 Å². The Morgan fingerprint density at radius 2 is 2.10 bits per heavy atom. The molecule has 1 unspecified atom stereocenters. The van der Waals surface area contributed by atoms with Crippen molar-refractivity contribution in [3.8, 4) is 0 Å². The minimum Gasteiger partial charge on any atom is -0.368 e. The maximum absolute atomic E-state index is 12.1. The van der Waals surface area contributed by atoms with Gasteiger partial charge < -0.3 is 11.1 Å². The molecule has 2 aliphatic heterocycles. The minimum atomic E-state index is -1.21. The largest absolute Gasteiger partial charge is 0.368 e. The van der Waals surface area contributed by atoms with Crippen LogP contribution in [0.3, 0.4) is 0 Å². The molecule has 0 saturated carbocycles. The van der Waals surface area contributed by atoms with Crippen molar-refractivity contribution in [2.24, 2.45) is 5.73 Å². The van der Waals surface area contributed by atoms with Gasteiger partial charge in [0, 0.05) is 6.54 Å². The maximum Gasteiger partial charge on any atom is 0.247 e. The number of anilines is 2. The number of amides is 1. The van der Waals surface area contributed by atoms with E-state index in [0.29, 0.717) is 19.6 Å². The van der Waals surface area contributed by atoms with Crippen LogP contribution >= 0.6 is 0 Å². The Balaban J connectivity index is 2.02. The van der Waals surface area contributed by atoms with Gasteiger partial charge in [0.05, 0.1) is 11.4 Å². The van der Waals surface area contributed by atoms with E-state index in [0.717, 1.165) is 17.8 Å². The lowest BCUT2D eigenvalue weighted by atomic mass is 9.91. The Kier molecular flexibility index (Phi) is 2.90. The van der Waals surface area contributed by atoms with Crippen LogP contribution in [0, 0.1) is 0 Å². The van der Waals surface area contributed by atoms with E-state index < -0.39 is 11.4 Å². The Bertz CT molecular complexity index is 558. The highest BCUT2D eigenvalue weighted by atomic mass is 16.2. The van der Waals surface area contributed by atoms with E-state index in [1.807, 2.05) is 34.3 Å². The van der Waals surface area contributed by atoms with Gasteiger partial charge in [0.2, 0.25) is 5.91 Å². The molecule has 0 aromatic heterocycles. The molecule has 2 aliphatic rings. The number of hydrogen-bond donors (Lipinski definition) is 2. The number of hydrazine groups is 1. The normalized spacial score (nSPS) is 25.4. The lowest BCUT2D eigenvalue weighted by molar-refractivity contribution is -0.140. The number of rotatable bonds is 3. The van der Waals surface area contributed by atoms with Crippen molar-refractivity contribution in [3.63, 3.8) is 0 Å². The number of carbonyl (C=O) groups excluding carboxylic acids is 2. The first-order chi connectivity index (χ1) is 9.57. The predicted octanol–water partition coefficient (Wildman–Crippen LogP) is 0.700. The lowest BCUT2D eigenvalue weighted by Gasteiger charge is -2.40. The summed E-state index contributed by atoms with van der Waals surface area (Å²) >= 11 is 0. The fourth-order valence-corrected chi connectivity index (χ4v) is 3.22. The van der Waals surface area contributed by atoms with Crippen LogP contribution in [0.15, 0.2) is 24.3 Å². The molecule has 3 N–H and O–H groups in total. The zero-order valence-corrected chi connectivity index (χ0v) is 11.4. The molecule has 2 heterocycles. The van der Waals surface area contributed by atoms with Crippen LogP contribution in [0.4, 0.5) is 11.4 Å². The number of Topliss-reactive ketones (excluding diaryl/α,β-unsaturated/α-hetero) is 1. The molecule has 0 radical (unpaired) electrons. The van der Waals surface area contributed by atoms with Crippen molar-refractivity contribution in [1.29, 1.82) is 0 Å². The van der Waals surface area contributed by atoms with Gasteiger partial charge in [-0.1, -0.05) is 12.1 Å². The van der Waals surface area contributed by atoms with Crippen molar-refractivity contribution in [2.45, 2.75) is 25.3 Å². The second kappa shape index (κ2) is 4.49. The topological polar surface area (TPSA) is 78.7 Å². The summed E-state index contributed by atoms with van der Waals surface area (Å²) in [6.07, 6.45) is 1.26. The molecule has 6 heteroatoms. The smallest absolute Gasteiger partial charge is 0.247 e. The first kappa shape index (κ1) is 12.9. The number of benzene rings is 1. The second-order valence-corrected chi connectivity index (χ2v) is 5.26. The predicted molar refractivity (Wildman–Crippen MR) is 76.0 cm³/mol. The third-order valence-electron chi connectivity index (χ3n) is 4.23. The highest BCUT2D eigenvalue weighted by Crippen LogP contribution is 2.39. The molecule has 0 bridgehead atoms. The summed E-state index contributed by atoms with van der Waals surface area (Å²) in [4.78, 5) is 24.1. The third kappa shape index (κ3) is 1.61. The summed E-state index contributed by atoms with van der Waals surface area (Å²) in [6.45, 7) is 2.64. The van der Waals surface area contributed by atoms with Gasteiger partial charge in [0.25, 0.3) is 0 Å². The molecule has 1 aromatic rings. The lowest BCUT2D eigenvalue weighted by Crippen LogP contribution is -2.64. The van der Waals surface area contributed by atoms with Crippen molar-refractivity contribution < 1.29 is 9.59 Å². The third-order valence-corrected chi connectivity index (χ3v) is 4.23. The molecule has 1 fully saturated rings. The molecule has 0 spiro atoms. The van der Waals surface area contributed by atoms with Crippen LogP contribution in [0.2, 0.25) is 0 Å². The first-order valence-electron chi connectivity index (χ1n) is 6.76. The monoisotopic (exact) mass is 274 g/mol. The molecule has 6 nitrogen and oxygen atoms in total. The van der Waals surface area contributed by atoms with Crippen LogP contribution in [-0.2, 0) is 9.59 Å². The molecule has 1 aromatic carbocycles. The van der Waals surface area contributed by atoms with Gasteiger partial charge in [-0.15, -0.1) is 0 Å². The number of nitrogens with two attached hydrogens (primary N) is 1. The number of nitrogens with zero attached hydrogens (tertiary/aromatic N) is 2. The molecule has 20 heavy (non-hydrogen) atoms. The van der Waals surface area contributed by atoms with Gasteiger partial charge in [-0.25, -0.2) is 0 Å². The molecular weight excluding hydrogens is 256 g/mol. The van der Waals surface area contributed by atoms with E-state index >= 15 is 0 Å². The van der Waals surface area contributed by atoms with E-state index in [1.54, 1.807) is 0 Å². The summed E-state index contributed by atoms with van der Waals surface area (Å²) in [6, 6.07) is 7.84. The van der Waals surface area contributed by atoms with E-state index in [2.05, 4.69) is 5.32 Å². The zero-order chi connectivity index (χ0) is 14.3. The quantitative estimate of drug-likeness (QED) is 0.793. The number of nitrogens with one attached hydrogen (secondary N) is 1. The molecule has 0 aliphatic carbocycles. The number of ketones is 1. The van der Waals surface area contributed by atoms with E-state index in [4.69, 9.17) is 5.73 Å². The van der Waals surface area contributed by atoms with Gasteiger partial charge in [0.15, 0.2) is 11.3 Å². The second-order valence-electron chi connectivity index (χ2n) is 5.26. The van der Waals surface area contributed by atoms with Crippen LogP contribution in [-0.4, -0.2) is 35.5 Å². The van der Waals surface area contributed by atoms with Crippen LogP contribution in [0.1, 0.15) is 19.8 Å². The summed E-state index contributed by atoms with van der Waals surface area (Å²) in [5.41, 5.74) is 6.33. The van der Waals surface area contributed by atoms with Gasteiger partial charge in [-0.2, -0.15) is 5.01 Å². The number of hydrogen-bond acceptors (Lipinski definition) is 5. The Labute approximate surface area is 117 Å². The Morgan fingerprint density at radius 3 is 2.80 bits per heavy atom. The number of para-hydroxylation sites is 2. The molecule has 3 rings (SSSR count). The van der Waals surface area contributed by atoms with Crippen molar-refractivity contribution in [1.82, 2.24) is 5.01 Å². The van der Waals surface area contributed by atoms with Gasteiger partial charge >= 0.3 is 0 Å². The van der Waals surface area contributed by atoms with Crippen molar-refractivity contribution in [2.75, 3.05) is 23.5 Å².